The van der Waals surface area contributed by atoms with Crippen molar-refractivity contribution in [1.29, 1.82) is 0 Å². The van der Waals surface area contributed by atoms with Crippen LogP contribution in [0.2, 0.25) is 0 Å². The molecule has 0 aromatic heterocycles. The maximum atomic E-state index is 11.3. The molecule has 0 aliphatic carbocycles. The molecule has 0 unspecified atom stereocenters. The van der Waals surface area contributed by atoms with Crippen LogP contribution in [0.4, 0.5) is 0 Å². The molecule has 0 bridgehead atoms. The van der Waals surface area contributed by atoms with Gasteiger partial charge < -0.3 is 5.11 Å². The minimum absolute atomic E-state index is 0.305. The normalized spacial score (nSPS) is 11.3. The van der Waals surface area contributed by atoms with E-state index in [0.717, 1.165) is 11.1 Å². The molecule has 0 saturated carbocycles. The van der Waals surface area contributed by atoms with Crippen molar-refractivity contribution in [2.45, 2.75) is 6.92 Å². The number of rotatable bonds is 3. The molecule has 0 fully saturated rings. The number of aliphatic carboxylic acids is 1. The fourth-order valence-corrected chi connectivity index (χ4v) is 1.72. The summed E-state index contributed by atoms with van der Waals surface area (Å²) in [4.78, 5) is 11.3. The fourth-order valence-electron chi connectivity index (χ4n) is 1.72. The van der Waals surface area contributed by atoms with E-state index in [1.54, 1.807) is 18.2 Å². The first-order chi connectivity index (χ1) is 8.66. The van der Waals surface area contributed by atoms with Crippen molar-refractivity contribution in [3.05, 3.63) is 71.3 Å². The first kappa shape index (κ1) is 12.1. The van der Waals surface area contributed by atoms with Crippen LogP contribution < -0.4 is 0 Å². The maximum absolute atomic E-state index is 11.3. The molecule has 2 aromatic rings. The van der Waals surface area contributed by atoms with E-state index >= 15 is 0 Å². The van der Waals surface area contributed by atoms with Crippen molar-refractivity contribution in [3.8, 4) is 0 Å². The molecule has 2 nitrogen and oxygen atoms in total. The summed E-state index contributed by atoms with van der Waals surface area (Å²) in [5.74, 6) is -0.915. The zero-order valence-electron chi connectivity index (χ0n) is 10.1. The van der Waals surface area contributed by atoms with Crippen molar-refractivity contribution < 1.29 is 9.90 Å². The molecular formula is C16H14O2. The lowest BCUT2D eigenvalue weighted by atomic mass is 10.0. The van der Waals surface area contributed by atoms with Gasteiger partial charge in [-0.25, -0.2) is 4.79 Å². The summed E-state index contributed by atoms with van der Waals surface area (Å²) in [6.45, 7) is 2.00. The Labute approximate surface area is 106 Å². The third kappa shape index (κ3) is 2.86. The maximum Gasteiger partial charge on any atom is 0.336 e. The number of carbonyl (C=O) groups is 1. The van der Waals surface area contributed by atoms with Gasteiger partial charge in [0.25, 0.3) is 0 Å². The van der Waals surface area contributed by atoms with Crippen LogP contribution in [0.15, 0.2) is 54.6 Å². The Morgan fingerprint density at radius 2 is 1.61 bits per heavy atom. The lowest BCUT2D eigenvalue weighted by Gasteiger charge is -2.03. The van der Waals surface area contributed by atoms with E-state index < -0.39 is 5.97 Å². The zero-order valence-corrected chi connectivity index (χ0v) is 10.1. The number of benzene rings is 2. The Kier molecular flexibility index (Phi) is 3.58. The number of hydrogen-bond acceptors (Lipinski definition) is 1. The van der Waals surface area contributed by atoms with Crippen LogP contribution in [0.3, 0.4) is 0 Å². The Hall–Kier alpha value is -2.35. The second kappa shape index (κ2) is 5.32. The highest BCUT2D eigenvalue weighted by Crippen LogP contribution is 2.18. The van der Waals surface area contributed by atoms with Crippen molar-refractivity contribution >= 4 is 17.6 Å². The van der Waals surface area contributed by atoms with Crippen molar-refractivity contribution in [2.24, 2.45) is 0 Å². The molecule has 0 heterocycles. The molecule has 18 heavy (non-hydrogen) atoms. The summed E-state index contributed by atoms with van der Waals surface area (Å²) in [6, 6.07) is 16.9. The molecule has 90 valence electrons. The number of hydrogen-bond donors (Lipinski definition) is 1. The van der Waals surface area contributed by atoms with Crippen LogP contribution in [-0.2, 0) is 4.79 Å². The second-order valence-electron chi connectivity index (χ2n) is 4.14. The summed E-state index contributed by atoms with van der Waals surface area (Å²) in [5.41, 5.74) is 3.07. The second-order valence-corrected chi connectivity index (χ2v) is 4.14. The van der Waals surface area contributed by atoms with Crippen molar-refractivity contribution in [2.75, 3.05) is 0 Å². The quantitative estimate of drug-likeness (QED) is 0.655. The summed E-state index contributed by atoms with van der Waals surface area (Å²) in [7, 11) is 0. The Bertz CT molecular complexity index is 566. The summed E-state index contributed by atoms with van der Waals surface area (Å²) in [6.07, 6.45) is 1.69. The molecule has 1 N–H and O–H groups in total. The van der Waals surface area contributed by atoms with Crippen LogP contribution in [0.1, 0.15) is 16.7 Å². The van der Waals surface area contributed by atoms with Gasteiger partial charge in [-0.05, 0) is 24.1 Å². The molecule has 2 heteroatoms. The molecule has 0 aliphatic heterocycles. The average molecular weight is 238 g/mol. The number of aryl methyl sites for hydroxylation is 1. The first-order valence-corrected chi connectivity index (χ1v) is 5.74. The lowest BCUT2D eigenvalue weighted by molar-refractivity contribution is -0.130. The minimum Gasteiger partial charge on any atom is -0.478 e. The predicted molar refractivity (Wildman–Crippen MR) is 73.1 cm³/mol. The number of carboxylic acids is 1. The van der Waals surface area contributed by atoms with E-state index in [9.17, 15) is 9.90 Å². The van der Waals surface area contributed by atoms with Gasteiger partial charge in [0.1, 0.15) is 0 Å². The van der Waals surface area contributed by atoms with E-state index in [1.807, 2.05) is 49.4 Å². The van der Waals surface area contributed by atoms with Gasteiger partial charge in [0.05, 0.1) is 5.57 Å². The molecule has 0 atom stereocenters. The van der Waals surface area contributed by atoms with Gasteiger partial charge in [-0.1, -0.05) is 60.2 Å². The van der Waals surface area contributed by atoms with Gasteiger partial charge in [0.2, 0.25) is 0 Å². The number of carboxylic acid groups (broad SMARTS) is 1. The van der Waals surface area contributed by atoms with Crippen LogP contribution in [0, 0.1) is 6.92 Å². The molecule has 0 amide bonds. The van der Waals surface area contributed by atoms with Crippen LogP contribution in [0.5, 0.6) is 0 Å². The first-order valence-electron chi connectivity index (χ1n) is 5.74. The van der Waals surface area contributed by atoms with Crippen LogP contribution in [-0.4, -0.2) is 11.1 Å². The van der Waals surface area contributed by atoms with Gasteiger partial charge >= 0.3 is 5.97 Å². The highest BCUT2D eigenvalue weighted by Gasteiger charge is 2.09. The smallest absolute Gasteiger partial charge is 0.336 e. The molecular weight excluding hydrogens is 224 g/mol. The third-order valence-corrected chi connectivity index (χ3v) is 2.70. The topological polar surface area (TPSA) is 37.3 Å². The predicted octanol–water partition coefficient (Wildman–Crippen LogP) is 3.62. The van der Waals surface area contributed by atoms with Gasteiger partial charge in [-0.15, -0.1) is 0 Å². The molecule has 2 rings (SSSR count). The zero-order chi connectivity index (χ0) is 13.0. The Morgan fingerprint density at radius 1 is 1.00 bits per heavy atom. The van der Waals surface area contributed by atoms with Gasteiger partial charge in [0, 0.05) is 0 Å². The molecule has 2 aromatic carbocycles. The Morgan fingerprint density at radius 3 is 2.17 bits per heavy atom. The molecule has 0 spiro atoms. The minimum atomic E-state index is -0.915. The van der Waals surface area contributed by atoms with E-state index in [4.69, 9.17) is 0 Å². The van der Waals surface area contributed by atoms with E-state index in [0.29, 0.717) is 11.1 Å². The largest absolute Gasteiger partial charge is 0.478 e. The Balaban J connectivity index is 2.43. The van der Waals surface area contributed by atoms with E-state index in [-0.39, 0.29) is 0 Å². The standard InChI is InChI=1S/C16H14O2/c1-12-7-9-13(10-8-12)11-15(16(17)18)14-5-3-2-4-6-14/h2-11H,1H3,(H,17,18). The van der Waals surface area contributed by atoms with Crippen LogP contribution >= 0.6 is 0 Å². The van der Waals surface area contributed by atoms with Gasteiger partial charge in [0.15, 0.2) is 0 Å². The van der Waals surface area contributed by atoms with E-state index in [2.05, 4.69) is 0 Å². The molecule has 0 saturated heterocycles. The van der Waals surface area contributed by atoms with Crippen LogP contribution in [0.25, 0.3) is 11.6 Å². The molecule has 0 radical (unpaired) electrons. The summed E-state index contributed by atoms with van der Waals surface area (Å²) < 4.78 is 0. The monoisotopic (exact) mass is 238 g/mol. The summed E-state index contributed by atoms with van der Waals surface area (Å²) in [5, 5.41) is 9.27. The van der Waals surface area contributed by atoms with Gasteiger partial charge in [-0.3, -0.25) is 0 Å². The average Bonchev–Trinajstić information content (AvgIpc) is 2.38. The fraction of sp³-hybridized carbons (Fsp3) is 0.0625. The van der Waals surface area contributed by atoms with Crippen molar-refractivity contribution in [3.63, 3.8) is 0 Å². The molecule has 0 aliphatic rings. The van der Waals surface area contributed by atoms with Gasteiger partial charge in [-0.2, -0.15) is 0 Å². The SMILES string of the molecule is Cc1ccc(C=C(C(=O)O)c2ccccc2)cc1. The highest BCUT2D eigenvalue weighted by molar-refractivity contribution is 6.20. The lowest BCUT2D eigenvalue weighted by Crippen LogP contribution is -1.99. The van der Waals surface area contributed by atoms with Crippen molar-refractivity contribution in [1.82, 2.24) is 0 Å². The third-order valence-electron chi connectivity index (χ3n) is 2.70. The van der Waals surface area contributed by atoms with E-state index in [1.165, 1.54) is 0 Å². The summed E-state index contributed by atoms with van der Waals surface area (Å²) >= 11 is 0. The highest BCUT2D eigenvalue weighted by atomic mass is 16.4.